The summed E-state index contributed by atoms with van der Waals surface area (Å²) < 4.78 is 4.82. The normalized spacial score (nSPS) is 11.1. The topological polar surface area (TPSA) is 84.5 Å². The minimum Gasteiger partial charge on any atom is -0.467 e. The molecule has 0 aromatic heterocycles. The number of allylic oxidation sites excluding steroid dienone is 1. The summed E-state index contributed by atoms with van der Waals surface area (Å²) in [4.78, 5) is 37.3. The van der Waals surface area contributed by atoms with Gasteiger partial charge in [-0.1, -0.05) is 48.5 Å². The Balaban J connectivity index is 2.15. The number of rotatable bonds is 7. The van der Waals surface area contributed by atoms with E-state index in [1.807, 2.05) is 30.3 Å². The van der Waals surface area contributed by atoms with E-state index < -0.39 is 23.8 Å². The van der Waals surface area contributed by atoms with Crippen molar-refractivity contribution < 1.29 is 19.1 Å². The number of amides is 2. The molecule has 2 aromatic carbocycles. The van der Waals surface area contributed by atoms with Crippen LogP contribution in [-0.4, -0.2) is 30.9 Å². The maximum absolute atomic E-state index is 12.8. The van der Waals surface area contributed by atoms with Crippen molar-refractivity contribution in [3.8, 4) is 0 Å². The summed E-state index contributed by atoms with van der Waals surface area (Å²) in [5, 5.41) is 5.30. The third-order valence-electron chi connectivity index (χ3n) is 4.08. The molecule has 0 heterocycles. The van der Waals surface area contributed by atoms with Gasteiger partial charge in [0, 0.05) is 12.0 Å². The zero-order chi connectivity index (χ0) is 20.5. The molecule has 146 valence electrons. The fourth-order valence-corrected chi connectivity index (χ4v) is 2.60. The highest BCUT2D eigenvalue weighted by atomic mass is 16.5. The molecule has 28 heavy (non-hydrogen) atoms. The maximum atomic E-state index is 12.8. The first kappa shape index (κ1) is 20.9. The number of methoxy groups -OCH3 is 1. The summed E-state index contributed by atoms with van der Waals surface area (Å²) >= 11 is 0. The smallest absolute Gasteiger partial charge is 0.328 e. The summed E-state index contributed by atoms with van der Waals surface area (Å²) in [7, 11) is 1.27. The molecular formula is C22H24N2O4. The molecule has 2 N–H and O–H groups in total. The molecule has 0 radical (unpaired) electrons. The van der Waals surface area contributed by atoms with Crippen LogP contribution in [0.15, 0.2) is 71.9 Å². The van der Waals surface area contributed by atoms with Crippen molar-refractivity contribution in [3.63, 3.8) is 0 Å². The molecule has 2 aromatic rings. The maximum Gasteiger partial charge on any atom is 0.328 e. The summed E-state index contributed by atoms with van der Waals surface area (Å²) in [6.45, 7) is 3.43. The Kier molecular flexibility index (Phi) is 7.51. The van der Waals surface area contributed by atoms with Crippen LogP contribution >= 0.6 is 0 Å². The van der Waals surface area contributed by atoms with E-state index in [4.69, 9.17) is 4.74 Å². The Labute approximate surface area is 164 Å². The summed E-state index contributed by atoms with van der Waals surface area (Å²) in [5.41, 5.74) is 2.04. The first-order valence-electron chi connectivity index (χ1n) is 8.89. The highest BCUT2D eigenvalue weighted by Crippen LogP contribution is 2.08. The number of nitrogens with one attached hydrogen (secondary N) is 2. The number of hydrogen-bond acceptors (Lipinski definition) is 4. The second kappa shape index (κ2) is 10.1. The molecule has 6 heteroatoms. The SMILES string of the molecule is COC(=O)[C@H](Cc1ccccc1)NC(=O)C(NC(=O)c1ccccc1)=C(C)C. The number of benzene rings is 2. The fraction of sp³-hybridized carbons (Fsp3) is 0.227. The van der Waals surface area contributed by atoms with E-state index in [-0.39, 0.29) is 12.1 Å². The Morgan fingerprint density at radius 2 is 1.50 bits per heavy atom. The molecule has 0 aliphatic heterocycles. The van der Waals surface area contributed by atoms with Crippen molar-refractivity contribution in [2.45, 2.75) is 26.3 Å². The Morgan fingerprint density at radius 3 is 2.04 bits per heavy atom. The van der Waals surface area contributed by atoms with Gasteiger partial charge in [-0.3, -0.25) is 9.59 Å². The quantitative estimate of drug-likeness (QED) is 0.571. The lowest BCUT2D eigenvalue weighted by molar-refractivity contribution is -0.144. The molecule has 0 bridgehead atoms. The van der Waals surface area contributed by atoms with Gasteiger partial charge in [0.05, 0.1) is 7.11 Å². The molecule has 0 saturated heterocycles. The lowest BCUT2D eigenvalue weighted by atomic mass is 10.1. The Bertz CT molecular complexity index is 857. The van der Waals surface area contributed by atoms with Gasteiger partial charge in [-0.2, -0.15) is 0 Å². The molecule has 0 spiro atoms. The summed E-state index contributed by atoms with van der Waals surface area (Å²) in [6.07, 6.45) is 0.280. The summed E-state index contributed by atoms with van der Waals surface area (Å²) in [6, 6.07) is 17.0. The van der Waals surface area contributed by atoms with E-state index in [9.17, 15) is 14.4 Å². The van der Waals surface area contributed by atoms with Crippen LogP contribution in [0.25, 0.3) is 0 Å². The van der Waals surface area contributed by atoms with Gasteiger partial charge in [0.1, 0.15) is 11.7 Å². The van der Waals surface area contributed by atoms with Crippen molar-refractivity contribution in [1.29, 1.82) is 0 Å². The Hall–Kier alpha value is -3.41. The Morgan fingerprint density at radius 1 is 0.929 bits per heavy atom. The van der Waals surface area contributed by atoms with E-state index in [1.165, 1.54) is 7.11 Å². The minimum absolute atomic E-state index is 0.107. The van der Waals surface area contributed by atoms with Gasteiger partial charge in [-0.05, 0) is 37.1 Å². The molecule has 0 aliphatic carbocycles. The van der Waals surface area contributed by atoms with Gasteiger partial charge in [-0.15, -0.1) is 0 Å². The number of ether oxygens (including phenoxy) is 1. The molecule has 6 nitrogen and oxygen atoms in total. The average Bonchev–Trinajstić information content (AvgIpc) is 2.71. The third-order valence-corrected chi connectivity index (χ3v) is 4.08. The molecule has 0 fully saturated rings. The van der Waals surface area contributed by atoms with Crippen LogP contribution < -0.4 is 10.6 Å². The second-order valence-electron chi connectivity index (χ2n) is 6.43. The minimum atomic E-state index is -0.872. The van der Waals surface area contributed by atoms with Gasteiger partial charge >= 0.3 is 5.97 Å². The molecule has 2 rings (SSSR count). The molecule has 2 amide bonds. The van der Waals surface area contributed by atoms with E-state index in [0.29, 0.717) is 11.1 Å². The van der Waals surface area contributed by atoms with E-state index in [1.54, 1.807) is 44.2 Å². The van der Waals surface area contributed by atoms with Crippen molar-refractivity contribution in [2.75, 3.05) is 7.11 Å². The van der Waals surface area contributed by atoms with Crippen molar-refractivity contribution in [1.82, 2.24) is 10.6 Å². The standard InChI is InChI=1S/C22H24N2O4/c1-15(2)19(24-20(25)17-12-8-5-9-13-17)21(26)23-18(22(27)28-3)14-16-10-6-4-7-11-16/h4-13,18H,14H2,1-3H3,(H,23,26)(H,24,25)/t18-/m0/s1. The molecular weight excluding hydrogens is 356 g/mol. The van der Waals surface area contributed by atoms with Crippen molar-refractivity contribution >= 4 is 17.8 Å². The van der Waals surface area contributed by atoms with Gasteiger partial charge in [0.25, 0.3) is 11.8 Å². The van der Waals surface area contributed by atoms with Gasteiger partial charge in [0.15, 0.2) is 0 Å². The molecule has 0 saturated carbocycles. The predicted octanol–water partition coefficient (Wildman–Crippen LogP) is 2.61. The van der Waals surface area contributed by atoms with Crippen molar-refractivity contribution in [2.24, 2.45) is 0 Å². The van der Waals surface area contributed by atoms with Crippen molar-refractivity contribution in [3.05, 3.63) is 83.1 Å². The number of esters is 1. The zero-order valence-electron chi connectivity index (χ0n) is 16.2. The van der Waals surface area contributed by atoms with E-state index >= 15 is 0 Å². The first-order valence-corrected chi connectivity index (χ1v) is 8.89. The molecule has 1 atom stereocenters. The lowest BCUT2D eigenvalue weighted by Gasteiger charge is -2.19. The zero-order valence-corrected chi connectivity index (χ0v) is 16.2. The van der Waals surface area contributed by atoms with Crippen LogP contribution in [0.1, 0.15) is 29.8 Å². The van der Waals surface area contributed by atoms with Crippen LogP contribution in [0.5, 0.6) is 0 Å². The predicted molar refractivity (Wildman–Crippen MR) is 106 cm³/mol. The number of carbonyl (C=O) groups excluding carboxylic acids is 3. The van der Waals surface area contributed by atoms with Crippen LogP contribution in [0.3, 0.4) is 0 Å². The molecule has 0 unspecified atom stereocenters. The number of hydrogen-bond donors (Lipinski definition) is 2. The summed E-state index contributed by atoms with van der Waals surface area (Å²) in [5.74, 6) is -1.50. The molecule has 0 aliphatic rings. The van der Waals surface area contributed by atoms with E-state index in [2.05, 4.69) is 10.6 Å². The monoisotopic (exact) mass is 380 g/mol. The lowest BCUT2D eigenvalue weighted by Crippen LogP contribution is -2.46. The highest BCUT2D eigenvalue weighted by molar-refractivity contribution is 6.04. The van der Waals surface area contributed by atoms with Crippen LogP contribution in [0, 0.1) is 0 Å². The van der Waals surface area contributed by atoms with Crippen LogP contribution in [0.4, 0.5) is 0 Å². The highest BCUT2D eigenvalue weighted by Gasteiger charge is 2.25. The van der Waals surface area contributed by atoms with Gasteiger partial charge < -0.3 is 15.4 Å². The average molecular weight is 380 g/mol. The number of carbonyl (C=O) groups is 3. The van der Waals surface area contributed by atoms with Crippen LogP contribution in [-0.2, 0) is 20.7 Å². The van der Waals surface area contributed by atoms with E-state index in [0.717, 1.165) is 5.56 Å². The van der Waals surface area contributed by atoms with Crippen LogP contribution in [0.2, 0.25) is 0 Å². The van der Waals surface area contributed by atoms with Gasteiger partial charge in [0.2, 0.25) is 0 Å². The largest absolute Gasteiger partial charge is 0.467 e. The fourth-order valence-electron chi connectivity index (χ4n) is 2.60. The third kappa shape index (κ3) is 5.81. The first-order chi connectivity index (χ1) is 13.4. The second-order valence-corrected chi connectivity index (χ2v) is 6.43. The van der Waals surface area contributed by atoms with Gasteiger partial charge in [-0.25, -0.2) is 4.79 Å².